The molecule has 0 aliphatic carbocycles. The van der Waals surface area contributed by atoms with Gasteiger partial charge < -0.3 is 19.7 Å². The highest BCUT2D eigenvalue weighted by Gasteiger charge is 2.23. The average Bonchev–Trinajstić information content (AvgIpc) is 2.48. The van der Waals surface area contributed by atoms with Crippen molar-refractivity contribution < 1.29 is 9.90 Å². The van der Waals surface area contributed by atoms with Gasteiger partial charge in [0.1, 0.15) is 0 Å². The molecule has 1 aromatic rings. The van der Waals surface area contributed by atoms with Crippen LogP contribution in [0, 0.1) is 0 Å². The summed E-state index contributed by atoms with van der Waals surface area (Å²) >= 11 is 6.06. The van der Waals surface area contributed by atoms with Crippen molar-refractivity contribution in [1.29, 1.82) is 0 Å². The third-order valence-corrected chi connectivity index (χ3v) is 4.29. The minimum absolute atomic E-state index is 0.211. The predicted molar refractivity (Wildman–Crippen MR) is 80.9 cm³/mol. The van der Waals surface area contributed by atoms with Crippen LogP contribution in [0.2, 0.25) is 0 Å². The first-order valence-corrected chi connectivity index (χ1v) is 7.59. The number of amidine groups is 1. The zero-order valence-corrected chi connectivity index (χ0v) is 12.5. The number of halogens is 1. The Hall–Kier alpha value is -1.75. The van der Waals surface area contributed by atoms with E-state index in [1.807, 2.05) is 12.1 Å². The van der Waals surface area contributed by atoms with Gasteiger partial charge in [0, 0.05) is 30.9 Å². The first-order valence-electron chi connectivity index (χ1n) is 7.21. The van der Waals surface area contributed by atoms with Crippen molar-refractivity contribution in [3.8, 4) is 0 Å². The van der Waals surface area contributed by atoms with Gasteiger partial charge in [0.2, 0.25) is 0 Å². The molecule has 5 nitrogen and oxygen atoms in total. The molecule has 2 aliphatic heterocycles. The third kappa shape index (κ3) is 2.97. The van der Waals surface area contributed by atoms with E-state index in [9.17, 15) is 9.90 Å². The van der Waals surface area contributed by atoms with Crippen LogP contribution in [-0.4, -0.2) is 35.8 Å². The summed E-state index contributed by atoms with van der Waals surface area (Å²) in [5, 5.41) is 11.0. The molecule has 3 rings (SSSR count). The Morgan fingerprint density at radius 1 is 1.29 bits per heavy atom. The van der Waals surface area contributed by atoms with E-state index >= 15 is 0 Å². The molecule has 6 heteroatoms. The summed E-state index contributed by atoms with van der Waals surface area (Å²) in [4.78, 5) is 19.1. The maximum Gasteiger partial charge on any atom is 0.199 e. The van der Waals surface area contributed by atoms with Gasteiger partial charge in [-0.2, -0.15) is 0 Å². The monoisotopic (exact) mass is 306 g/mol. The second kappa shape index (κ2) is 5.93. The Balaban J connectivity index is 1.93. The Morgan fingerprint density at radius 2 is 2.05 bits per heavy atom. The average molecular weight is 307 g/mol. The fourth-order valence-corrected chi connectivity index (χ4v) is 3.17. The van der Waals surface area contributed by atoms with Gasteiger partial charge in [0.25, 0.3) is 0 Å². The molecule has 21 heavy (non-hydrogen) atoms. The first kappa shape index (κ1) is 14.2. The van der Waals surface area contributed by atoms with Crippen LogP contribution in [-0.2, 0) is 11.3 Å². The van der Waals surface area contributed by atoms with Gasteiger partial charge in [-0.1, -0.05) is 6.07 Å². The van der Waals surface area contributed by atoms with Gasteiger partial charge in [-0.05, 0) is 43.0 Å². The smallest absolute Gasteiger partial charge is 0.199 e. The Labute approximate surface area is 128 Å². The van der Waals surface area contributed by atoms with Gasteiger partial charge in [-0.3, -0.25) is 0 Å². The van der Waals surface area contributed by atoms with Crippen LogP contribution < -0.4 is 10.0 Å². The molecular weight excluding hydrogens is 290 g/mol. The molecule has 2 aliphatic rings. The van der Waals surface area contributed by atoms with E-state index in [2.05, 4.69) is 16.0 Å². The second-order valence-corrected chi connectivity index (χ2v) is 5.77. The highest BCUT2D eigenvalue weighted by atomic mass is 35.5. The lowest BCUT2D eigenvalue weighted by Crippen LogP contribution is -2.41. The topological polar surface area (TPSA) is 59.0 Å². The largest absolute Gasteiger partial charge is 0.548 e. The standard InChI is InChI=1S/C15H18ClN3O2/c16-15-17-12-5-4-6-13(18-7-2-1-3-8-18)11(12)9-19(15)10-14(20)21/h4-6H,1-3,7-10H2,(H,20,21)/p-1. The lowest BCUT2D eigenvalue weighted by Gasteiger charge is -2.34. The summed E-state index contributed by atoms with van der Waals surface area (Å²) in [5.41, 5.74) is 3.02. The lowest BCUT2D eigenvalue weighted by molar-refractivity contribution is -0.305. The van der Waals surface area contributed by atoms with Gasteiger partial charge in [-0.25, -0.2) is 4.99 Å². The fraction of sp³-hybridized carbons (Fsp3) is 0.467. The number of piperidine rings is 1. The highest BCUT2D eigenvalue weighted by molar-refractivity contribution is 6.65. The van der Waals surface area contributed by atoms with Crippen molar-refractivity contribution in [2.75, 3.05) is 24.5 Å². The molecule has 0 spiro atoms. The van der Waals surface area contributed by atoms with Crippen LogP contribution in [0.1, 0.15) is 24.8 Å². The summed E-state index contributed by atoms with van der Waals surface area (Å²) in [5.74, 6) is -1.15. The van der Waals surface area contributed by atoms with E-state index < -0.39 is 5.97 Å². The quantitative estimate of drug-likeness (QED) is 0.794. The van der Waals surface area contributed by atoms with E-state index in [0.29, 0.717) is 6.54 Å². The molecule has 0 amide bonds. The van der Waals surface area contributed by atoms with Crippen molar-refractivity contribution >= 4 is 34.2 Å². The number of hydrogen-bond donors (Lipinski definition) is 0. The number of hydrogen-bond acceptors (Lipinski definition) is 5. The molecule has 1 saturated heterocycles. The Bertz CT molecular complexity index is 582. The minimum atomic E-state index is -1.15. The SMILES string of the molecule is O=C([O-])CN1Cc2c(cccc2N2CCCCC2)N=C1Cl. The molecule has 0 bridgehead atoms. The van der Waals surface area contributed by atoms with E-state index in [-0.39, 0.29) is 11.8 Å². The van der Waals surface area contributed by atoms with Crippen LogP contribution in [0.25, 0.3) is 0 Å². The molecule has 0 atom stereocenters. The Kier molecular flexibility index (Phi) is 4.01. The van der Waals surface area contributed by atoms with E-state index in [1.165, 1.54) is 24.2 Å². The summed E-state index contributed by atoms with van der Waals surface area (Å²) in [6.45, 7) is 2.29. The Morgan fingerprint density at radius 3 is 2.76 bits per heavy atom. The number of anilines is 1. The molecule has 0 saturated carbocycles. The van der Waals surface area contributed by atoms with Crippen LogP contribution >= 0.6 is 11.6 Å². The van der Waals surface area contributed by atoms with E-state index in [4.69, 9.17) is 11.6 Å². The molecule has 0 unspecified atom stereocenters. The number of carboxylic acids is 1. The minimum Gasteiger partial charge on any atom is -0.548 e. The number of benzene rings is 1. The summed E-state index contributed by atoms with van der Waals surface area (Å²) in [7, 11) is 0. The second-order valence-electron chi connectivity index (χ2n) is 5.43. The molecule has 1 fully saturated rings. The molecule has 0 N–H and O–H groups in total. The molecule has 1 aromatic carbocycles. The van der Waals surface area contributed by atoms with Crippen molar-refractivity contribution in [3.63, 3.8) is 0 Å². The maximum absolute atomic E-state index is 10.8. The number of rotatable bonds is 3. The van der Waals surface area contributed by atoms with Crippen molar-refractivity contribution in [3.05, 3.63) is 23.8 Å². The number of carbonyl (C=O) groups excluding carboxylic acids is 1. The predicted octanol–water partition coefficient (Wildman–Crippen LogP) is 1.47. The lowest BCUT2D eigenvalue weighted by atomic mass is 10.0. The van der Waals surface area contributed by atoms with Gasteiger partial charge in [0.15, 0.2) is 5.29 Å². The zero-order valence-electron chi connectivity index (χ0n) is 11.7. The first-order chi connectivity index (χ1) is 10.1. The molecule has 112 valence electrons. The zero-order chi connectivity index (χ0) is 14.8. The van der Waals surface area contributed by atoms with Crippen LogP contribution in [0.4, 0.5) is 11.4 Å². The number of nitrogens with zero attached hydrogens (tertiary/aromatic N) is 3. The highest BCUT2D eigenvalue weighted by Crippen LogP contribution is 2.35. The van der Waals surface area contributed by atoms with Gasteiger partial charge in [-0.15, -0.1) is 0 Å². The number of carbonyl (C=O) groups is 1. The number of aliphatic imine (C=N–C) groups is 1. The van der Waals surface area contributed by atoms with E-state index in [0.717, 1.165) is 30.0 Å². The van der Waals surface area contributed by atoms with E-state index in [1.54, 1.807) is 0 Å². The third-order valence-electron chi connectivity index (χ3n) is 3.97. The number of carboxylic acid groups (broad SMARTS) is 1. The van der Waals surface area contributed by atoms with Crippen molar-refractivity contribution in [1.82, 2.24) is 4.90 Å². The molecular formula is C15H17ClN3O2-. The van der Waals surface area contributed by atoms with Crippen LogP contribution in [0.5, 0.6) is 0 Å². The van der Waals surface area contributed by atoms with Crippen molar-refractivity contribution in [2.24, 2.45) is 4.99 Å². The fourth-order valence-electron chi connectivity index (χ4n) is 2.96. The summed E-state index contributed by atoms with van der Waals surface area (Å²) in [6, 6.07) is 5.97. The van der Waals surface area contributed by atoms with Crippen LogP contribution in [0.15, 0.2) is 23.2 Å². The molecule has 0 radical (unpaired) electrons. The van der Waals surface area contributed by atoms with Crippen molar-refractivity contribution in [2.45, 2.75) is 25.8 Å². The number of aliphatic carboxylic acids is 1. The summed E-state index contributed by atoms with van der Waals surface area (Å²) < 4.78 is 0. The van der Waals surface area contributed by atoms with Crippen LogP contribution in [0.3, 0.4) is 0 Å². The number of fused-ring (bicyclic) bond motifs is 1. The summed E-state index contributed by atoms with van der Waals surface area (Å²) in [6.07, 6.45) is 3.65. The maximum atomic E-state index is 10.8. The molecule has 2 heterocycles. The van der Waals surface area contributed by atoms with Gasteiger partial charge >= 0.3 is 0 Å². The van der Waals surface area contributed by atoms with Gasteiger partial charge in [0.05, 0.1) is 18.2 Å². The normalized spacial score (nSPS) is 18.2. The molecule has 0 aromatic heterocycles.